The smallest absolute Gasteiger partial charge is 0.223 e. The van der Waals surface area contributed by atoms with Gasteiger partial charge in [-0.25, -0.2) is 0 Å². The van der Waals surface area contributed by atoms with Gasteiger partial charge in [0.25, 0.3) is 0 Å². The number of benzene rings is 1. The number of piperidine rings is 1. The summed E-state index contributed by atoms with van der Waals surface area (Å²) in [6, 6.07) is 7.01. The number of amides is 1. The van der Waals surface area contributed by atoms with Gasteiger partial charge < -0.3 is 15.1 Å². The van der Waals surface area contributed by atoms with Crippen molar-refractivity contribution in [2.45, 2.75) is 39.2 Å². The maximum Gasteiger partial charge on any atom is 0.223 e. The van der Waals surface area contributed by atoms with E-state index in [-0.39, 0.29) is 5.91 Å². The van der Waals surface area contributed by atoms with Crippen molar-refractivity contribution >= 4 is 17.3 Å². The molecule has 0 saturated carbocycles. The van der Waals surface area contributed by atoms with Crippen molar-refractivity contribution < 1.29 is 4.79 Å². The molecular formula is C17H25N3O. The standard InChI is InChI=1S/C17H25N3O/c1-3-19-9-7-15(8-10-19)18-16-4-5-17-14(12-16)6-11-20(17)13(2)21/h4-5,12,15,18H,3,6-11H2,1-2H3. The van der Waals surface area contributed by atoms with E-state index in [0.717, 1.165) is 25.2 Å². The van der Waals surface area contributed by atoms with Crippen LogP contribution in [-0.4, -0.2) is 43.0 Å². The van der Waals surface area contributed by atoms with Crippen molar-refractivity contribution in [1.82, 2.24) is 4.90 Å². The third-order valence-electron chi connectivity index (χ3n) is 4.76. The second-order valence-corrected chi connectivity index (χ2v) is 6.12. The molecule has 0 spiro atoms. The maximum absolute atomic E-state index is 11.6. The molecule has 3 rings (SSSR count). The van der Waals surface area contributed by atoms with Crippen molar-refractivity contribution in [2.75, 3.05) is 36.4 Å². The molecule has 21 heavy (non-hydrogen) atoms. The first kappa shape index (κ1) is 14.4. The molecule has 2 aliphatic heterocycles. The van der Waals surface area contributed by atoms with Crippen LogP contribution in [0.2, 0.25) is 0 Å². The van der Waals surface area contributed by atoms with Gasteiger partial charge in [0.2, 0.25) is 5.91 Å². The SMILES string of the molecule is CCN1CCC(Nc2ccc3c(c2)CCN3C(C)=O)CC1. The molecule has 0 atom stereocenters. The van der Waals surface area contributed by atoms with Gasteiger partial charge in [0, 0.05) is 44.0 Å². The molecule has 0 aliphatic carbocycles. The highest BCUT2D eigenvalue weighted by Gasteiger charge is 2.23. The Morgan fingerprint density at radius 1 is 1.29 bits per heavy atom. The van der Waals surface area contributed by atoms with Gasteiger partial charge in [-0.2, -0.15) is 0 Å². The first-order valence-electron chi connectivity index (χ1n) is 8.07. The fourth-order valence-corrected chi connectivity index (χ4v) is 3.45. The van der Waals surface area contributed by atoms with Crippen molar-refractivity contribution in [3.63, 3.8) is 0 Å². The van der Waals surface area contributed by atoms with Crippen LogP contribution < -0.4 is 10.2 Å². The van der Waals surface area contributed by atoms with Gasteiger partial charge in [-0.1, -0.05) is 6.92 Å². The molecule has 4 nitrogen and oxygen atoms in total. The molecule has 0 aromatic heterocycles. The summed E-state index contributed by atoms with van der Waals surface area (Å²) in [6.07, 6.45) is 3.40. The third kappa shape index (κ3) is 3.05. The van der Waals surface area contributed by atoms with Crippen LogP contribution in [0.15, 0.2) is 18.2 Å². The number of carbonyl (C=O) groups is 1. The minimum absolute atomic E-state index is 0.140. The summed E-state index contributed by atoms with van der Waals surface area (Å²) in [4.78, 5) is 16.0. The zero-order valence-electron chi connectivity index (χ0n) is 13.1. The van der Waals surface area contributed by atoms with Crippen LogP contribution in [-0.2, 0) is 11.2 Å². The second-order valence-electron chi connectivity index (χ2n) is 6.12. The van der Waals surface area contributed by atoms with Crippen molar-refractivity contribution in [2.24, 2.45) is 0 Å². The van der Waals surface area contributed by atoms with Crippen LogP contribution in [0.3, 0.4) is 0 Å². The van der Waals surface area contributed by atoms with Crippen molar-refractivity contribution in [3.8, 4) is 0 Å². The Balaban J connectivity index is 1.64. The average molecular weight is 287 g/mol. The Morgan fingerprint density at radius 3 is 2.71 bits per heavy atom. The van der Waals surface area contributed by atoms with Crippen molar-refractivity contribution in [1.29, 1.82) is 0 Å². The van der Waals surface area contributed by atoms with Gasteiger partial charge >= 0.3 is 0 Å². The minimum atomic E-state index is 0.140. The van der Waals surface area contributed by atoms with Gasteiger partial charge in [-0.05, 0) is 49.6 Å². The summed E-state index contributed by atoms with van der Waals surface area (Å²) >= 11 is 0. The predicted molar refractivity (Wildman–Crippen MR) is 86.9 cm³/mol. The van der Waals surface area contributed by atoms with Gasteiger partial charge in [0.05, 0.1) is 0 Å². The summed E-state index contributed by atoms with van der Waals surface area (Å²) in [5.41, 5.74) is 3.59. The summed E-state index contributed by atoms with van der Waals surface area (Å²) in [5, 5.41) is 3.67. The maximum atomic E-state index is 11.6. The van der Waals surface area contributed by atoms with Gasteiger partial charge in [-0.15, -0.1) is 0 Å². The molecule has 0 unspecified atom stereocenters. The molecule has 4 heteroatoms. The topological polar surface area (TPSA) is 35.6 Å². The molecule has 2 heterocycles. The first-order valence-corrected chi connectivity index (χ1v) is 8.07. The second kappa shape index (κ2) is 6.06. The number of fused-ring (bicyclic) bond motifs is 1. The Bertz CT molecular complexity index is 521. The zero-order valence-corrected chi connectivity index (χ0v) is 13.1. The first-order chi connectivity index (χ1) is 10.2. The van der Waals surface area contributed by atoms with E-state index < -0.39 is 0 Å². The molecule has 2 aliphatic rings. The number of hydrogen-bond donors (Lipinski definition) is 1. The van der Waals surface area contributed by atoms with Gasteiger partial charge in [-0.3, -0.25) is 4.79 Å². The molecule has 1 aromatic rings. The van der Waals surface area contributed by atoms with Crippen LogP contribution in [0.25, 0.3) is 0 Å². The number of rotatable bonds is 3. The van der Waals surface area contributed by atoms with E-state index in [9.17, 15) is 4.79 Å². The Morgan fingerprint density at radius 2 is 2.05 bits per heavy atom. The normalized spacial score (nSPS) is 19.6. The van der Waals surface area contributed by atoms with Crippen LogP contribution in [0.1, 0.15) is 32.3 Å². The summed E-state index contributed by atoms with van der Waals surface area (Å²) in [6.45, 7) is 8.24. The molecular weight excluding hydrogens is 262 g/mol. The Hall–Kier alpha value is -1.55. The highest BCUT2D eigenvalue weighted by atomic mass is 16.2. The number of hydrogen-bond acceptors (Lipinski definition) is 3. The lowest BCUT2D eigenvalue weighted by molar-refractivity contribution is -0.116. The van der Waals surface area contributed by atoms with Gasteiger partial charge in [0.1, 0.15) is 0 Å². The molecule has 1 fully saturated rings. The number of nitrogens with one attached hydrogen (secondary N) is 1. The molecule has 1 amide bonds. The summed E-state index contributed by atoms with van der Waals surface area (Å²) in [5.74, 6) is 0.140. The lowest BCUT2D eigenvalue weighted by Gasteiger charge is -2.32. The number of nitrogens with zero attached hydrogens (tertiary/aromatic N) is 2. The lowest BCUT2D eigenvalue weighted by atomic mass is 10.0. The van der Waals surface area contributed by atoms with E-state index in [1.165, 1.54) is 37.2 Å². The van der Waals surface area contributed by atoms with Gasteiger partial charge in [0.15, 0.2) is 0 Å². The summed E-state index contributed by atoms with van der Waals surface area (Å²) < 4.78 is 0. The largest absolute Gasteiger partial charge is 0.382 e. The van der Waals surface area contributed by atoms with Crippen LogP contribution in [0, 0.1) is 0 Å². The van der Waals surface area contributed by atoms with Crippen LogP contribution in [0.4, 0.5) is 11.4 Å². The Labute approximate surface area is 127 Å². The van der Waals surface area contributed by atoms with E-state index >= 15 is 0 Å². The quantitative estimate of drug-likeness (QED) is 0.928. The molecule has 0 bridgehead atoms. The molecule has 114 valence electrons. The van der Waals surface area contributed by atoms with Crippen molar-refractivity contribution in [3.05, 3.63) is 23.8 Å². The number of likely N-dealkylation sites (tertiary alicyclic amines) is 1. The molecule has 1 aromatic carbocycles. The van der Waals surface area contributed by atoms with E-state index in [1.807, 2.05) is 4.90 Å². The minimum Gasteiger partial charge on any atom is -0.382 e. The number of carbonyl (C=O) groups excluding carboxylic acids is 1. The van der Waals surface area contributed by atoms with E-state index in [4.69, 9.17) is 0 Å². The monoisotopic (exact) mass is 287 g/mol. The highest BCUT2D eigenvalue weighted by molar-refractivity contribution is 5.94. The third-order valence-corrected chi connectivity index (χ3v) is 4.76. The van der Waals surface area contributed by atoms with E-state index in [1.54, 1.807) is 6.92 Å². The predicted octanol–water partition coefficient (Wildman–Crippen LogP) is 2.49. The highest BCUT2D eigenvalue weighted by Crippen LogP contribution is 2.31. The van der Waals surface area contributed by atoms with Crippen LogP contribution in [0.5, 0.6) is 0 Å². The lowest BCUT2D eigenvalue weighted by Crippen LogP contribution is -2.38. The Kier molecular flexibility index (Phi) is 4.15. The molecule has 0 radical (unpaired) electrons. The average Bonchev–Trinajstić information content (AvgIpc) is 2.91. The van der Waals surface area contributed by atoms with E-state index in [2.05, 4.69) is 35.3 Å². The molecule has 1 N–H and O–H groups in total. The molecule has 1 saturated heterocycles. The number of anilines is 2. The fourth-order valence-electron chi connectivity index (χ4n) is 3.45. The fraction of sp³-hybridized carbons (Fsp3) is 0.588. The summed E-state index contributed by atoms with van der Waals surface area (Å²) in [7, 11) is 0. The zero-order chi connectivity index (χ0) is 14.8. The van der Waals surface area contributed by atoms with E-state index in [0.29, 0.717) is 6.04 Å². The van der Waals surface area contributed by atoms with Crippen LogP contribution >= 0.6 is 0 Å².